The van der Waals surface area contributed by atoms with Gasteiger partial charge in [-0.1, -0.05) is 6.92 Å². The minimum atomic E-state index is -0.376. The lowest BCUT2D eigenvalue weighted by molar-refractivity contribution is 0.229. The molecule has 0 saturated heterocycles. The van der Waals surface area contributed by atoms with Crippen LogP contribution in [0.3, 0.4) is 0 Å². The van der Waals surface area contributed by atoms with Gasteiger partial charge in [-0.15, -0.1) is 0 Å². The Morgan fingerprint density at radius 1 is 1.44 bits per heavy atom. The van der Waals surface area contributed by atoms with Crippen LogP contribution in [-0.4, -0.2) is 22.9 Å². The molecule has 16 heavy (non-hydrogen) atoms. The van der Waals surface area contributed by atoms with Crippen LogP contribution in [0, 0.1) is 5.82 Å². The summed E-state index contributed by atoms with van der Waals surface area (Å²) in [5, 5.41) is 21.8. The number of benzene rings is 1. The van der Waals surface area contributed by atoms with Crippen molar-refractivity contribution in [3.63, 3.8) is 0 Å². The molecule has 0 bridgehead atoms. The van der Waals surface area contributed by atoms with Gasteiger partial charge in [0.15, 0.2) is 0 Å². The van der Waals surface area contributed by atoms with Crippen LogP contribution >= 0.6 is 0 Å². The van der Waals surface area contributed by atoms with Crippen LogP contribution in [0.25, 0.3) is 0 Å². The van der Waals surface area contributed by atoms with E-state index in [0.717, 1.165) is 6.42 Å². The van der Waals surface area contributed by atoms with Crippen molar-refractivity contribution in [3.05, 3.63) is 29.6 Å². The molecule has 0 fully saturated rings. The van der Waals surface area contributed by atoms with Crippen molar-refractivity contribution in [1.82, 2.24) is 5.32 Å². The standard InChI is InChI=1S/C12H18FNO2/c1-3-10(7-15)14-8(2)11-6-9(13)4-5-12(11)16/h4-6,8,10,14-16H,3,7H2,1-2H3/t8?,10-/m1/s1. The van der Waals surface area contributed by atoms with Gasteiger partial charge in [-0.3, -0.25) is 0 Å². The summed E-state index contributed by atoms with van der Waals surface area (Å²) in [7, 11) is 0. The predicted octanol–water partition coefficient (Wildman–Crippen LogP) is 1.95. The number of aliphatic hydroxyl groups excluding tert-OH is 1. The molecule has 0 heterocycles. The number of hydrogen-bond acceptors (Lipinski definition) is 3. The molecule has 1 aromatic carbocycles. The normalized spacial score (nSPS) is 14.8. The Labute approximate surface area is 94.9 Å². The maximum absolute atomic E-state index is 13.0. The van der Waals surface area contributed by atoms with Gasteiger partial charge in [0.2, 0.25) is 0 Å². The number of hydrogen-bond donors (Lipinski definition) is 3. The molecule has 4 heteroatoms. The van der Waals surface area contributed by atoms with Gasteiger partial charge < -0.3 is 15.5 Å². The van der Waals surface area contributed by atoms with Crippen LogP contribution < -0.4 is 5.32 Å². The van der Waals surface area contributed by atoms with Gasteiger partial charge in [-0.05, 0) is 31.5 Å². The fourth-order valence-corrected chi connectivity index (χ4v) is 1.62. The van der Waals surface area contributed by atoms with Crippen molar-refractivity contribution in [3.8, 4) is 5.75 Å². The molecule has 0 saturated carbocycles. The molecular weight excluding hydrogens is 209 g/mol. The predicted molar refractivity (Wildman–Crippen MR) is 60.8 cm³/mol. The molecule has 0 radical (unpaired) electrons. The first-order chi connectivity index (χ1) is 7.58. The highest BCUT2D eigenvalue weighted by molar-refractivity contribution is 5.34. The van der Waals surface area contributed by atoms with Crippen LogP contribution in [-0.2, 0) is 0 Å². The highest BCUT2D eigenvalue weighted by Gasteiger charge is 2.14. The Balaban J connectivity index is 2.79. The largest absolute Gasteiger partial charge is 0.508 e. The number of phenols is 1. The Morgan fingerprint density at radius 3 is 2.69 bits per heavy atom. The summed E-state index contributed by atoms with van der Waals surface area (Å²) < 4.78 is 13.0. The average molecular weight is 227 g/mol. The third-order valence-electron chi connectivity index (χ3n) is 2.65. The fraction of sp³-hybridized carbons (Fsp3) is 0.500. The topological polar surface area (TPSA) is 52.5 Å². The molecule has 0 amide bonds. The summed E-state index contributed by atoms with van der Waals surface area (Å²) in [6, 6.07) is 3.61. The Kier molecular flexibility index (Phi) is 4.71. The minimum Gasteiger partial charge on any atom is -0.508 e. The monoisotopic (exact) mass is 227 g/mol. The zero-order valence-electron chi connectivity index (χ0n) is 9.57. The van der Waals surface area contributed by atoms with Gasteiger partial charge in [0, 0.05) is 17.6 Å². The first kappa shape index (κ1) is 12.9. The van der Waals surface area contributed by atoms with Crippen LogP contribution in [0.4, 0.5) is 4.39 Å². The summed E-state index contributed by atoms with van der Waals surface area (Å²) in [6.07, 6.45) is 0.775. The molecule has 0 aromatic heterocycles. The number of aliphatic hydroxyl groups is 1. The van der Waals surface area contributed by atoms with E-state index in [0.29, 0.717) is 5.56 Å². The SMILES string of the molecule is CC[C@H](CO)NC(C)c1cc(F)ccc1O. The average Bonchev–Trinajstić information content (AvgIpc) is 2.28. The summed E-state index contributed by atoms with van der Waals surface area (Å²) in [4.78, 5) is 0. The maximum atomic E-state index is 13.0. The van der Waals surface area contributed by atoms with Crippen LogP contribution in [0.15, 0.2) is 18.2 Å². The molecule has 1 unspecified atom stereocenters. The molecule has 0 aliphatic rings. The van der Waals surface area contributed by atoms with Gasteiger partial charge >= 0.3 is 0 Å². The van der Waals surface area contributed by atoms with Crippen molar-refractivity contribution in [2.24, 2.45) is 0 Å². The Bertz CT molecular complexity index is 340. The molecule has 3 nitrogen and oxygen atoms in total. The number of halogens is 1. The lowest BCUT2D eigenvalue weighted by atomic mass is 10.1. The molecule has 0 aliphatic heterocycles. The number of rotatable bonds is 5. The molecule has 1 aromatic rings. The van der Waals surface area contributed by atoms with Gasteiger partial charge in [0.1, 0.15) is 11.6 Å². The van der Waals surface area contributed by atoms with E-state index in [1.165, 1.54) is 18.2 Å². The van der Waals surface area contributed by atoms with Crippen LogP contribution in [0.5, 0.6) is 5.75 Å². The Hall–Kier alpha value is -1.13. The summed E-state index contributed by atoms with van der Waals surface area (Å²) in [5.41, 5.74) is 0.506. The van der Waals surface area contributed by atoms with E-state index in [1.807, 2.05) is 13.8 Å². The first-order valence-corrected chi connectivity index (χ1v) is 5.43. The van der Waals surface area contributed by atoms with Crippen LogP contribution in [0.2, 0.25) is 0 Å². The van der Waals surface area contributed by atoms with Gasteiger partial charge in [-0.25, -0.2) is 4.39 Å². The second kappa shape index (κ2) is 5.82. The van der Waals surface area contributed by atoms with Gasteiger partial charge in [0.05, 0.1) is 6.61 Å². The highest BCUT2D eigenvalue weighted by Crippen LogP contribution is 2.25. The lowest BCUT2D eigenvalue weighted by Gasteiger charge is -2.21. The molecule has 2 atom stereocenters. The van der Waals surface area contributed by atoms with Gasteiger partial charge in [-0.2, -0.15) is 0 Å². The number of aromatic hydroxyl groups is 1. The highest BCUT2D eigenvalue weighted by atomic mass is 19.1. The molecule has 90 valence electrons. The van der Waals surface area contributed by atoms with E-state index in [2.05, 4.69) is 5.32 Å². The minimum absolute atomic E-state index is 0.0247. The molecule has 0 aliphatic carbocycles. The third kappa shape index (κ3) is 3.18. The number of nitrogens with one attached hydrogen (secondary N) is 1. The molecule has 1 rings (SSSR count). The maximum Gasteiger partial charge on any atom is 0.123 e. The third-order valence-corrected chi connectivity index (χ3v) is 2.65. The fourth-order valence-electron chi connectivity index (χ4n) is 1.62. The van der Waals surface area contributed by atoms with E-state index in [9.17, 15) is 9.50 Å². The van der Waals surface area contributed by atoms with E-state index in [-0.39, 0.29) is 30.3 Å². The summed E-state index contributed by atoms with van der Waals surface area (Å²) in [5.74, 6) is -0.312. The molecule has 0 spiro atoms. The molecule has 3 N–H and O–H groups in total. The van der Waals surface area contributed by atoms with Crippen molar-refractivity contribution < 1.29 is 14.6 Å². The van der Waals surface area contributed by atoms with E-state index in [1.54, 1.807) is 0 Å². The Morgan fingerprint density at radius 2 is 2.12 bits per heavy atom. The van der Waals surface area contributed by atoms with Crippen molar-refractivity contribution >= 4 is 0 Å². The zero-order valence-corrected chi connectivity index (χ0v) is 9.57. The zero-order chi connectivity index (χ0) is 12.1. The van der Waals surface area contributed by atoms with E-state index >= 15 is 0 Å². The van der Waals surface area contributed by atoms with Gasteiger partial charge in [0.25, 0.3) is 0 Å². The second-order valence-corrected chi connectivity index (χ2v) is 3.88. The van der Waals surface area contributed by atoms with Crippen molar-refractivity contribution in [2.45, 2.75) is 32.4 Å². The second-order valence-electron chi connectivity index (χ2n) is 3.88. The summed E-state index contributed by atoms with van der Waals surface area (Å²) >= 11 is 0. The van der Waals surface area contributed by atoms with E-state index in [4.69, 9.17) is 5.11 Å². The van der Waals surface area contributed by atoms with Crippen molar-refractivity contribution in [2.75, 3.05) is 6.61 Å². The molecular formula is C12H18FNO2. The van der Waals surface area contributed by atoms with Crippen LogP contribution in [0.1, 0.15) is 31.9 Å². The lowest BCUT2D eigenvalue weighted by Crippen LogP contribution is -2.33. The van der Waals surface area contributed by atoms with E-state index < -0.39 is 0 Å². The first-order valence-electron chi connectivity index (χ1n) is 5.43. The van der Waals surface area contributed by atoms with Crippen molar-refractivity contribution in [1.29, 1.82) is 0 Å². The number of phenolic OH excluding ortho intramolecular Hbond substituents is 1. The summed E-state index contributed by atoms with van der Waals surface area (Å²) in [6.45, 7) is 3.80. The smallest absolute Gasteiger partial charge is 0.123 e. The quantitative estimate of drug-likeness (QED) is 0.720.